The predicted molar refractivity (Wildman–Crippen MR) is 81.0 cm³/mol. The van der Waals surface area contributed by atoms with Crippen LogP contribution in [0.25, 0.3) is 11.0 Å². The molecule has 21 heavy (non-hydrogen) atoms. The molecule has 0 saturated heterocycles. The molecule has 1 amide bonds. The molecule has 0 N–H and O–H groups in total. The molecule has 0 aliphatic heterocycles. The van der Waals surface area contributed by atoms with Crippen LogP contribution in [0.2, 0.25) is 0 Å². The van der Waals surface area contributed by atoms with Gasteiger partial charge in [-0.2, -0.15) is 0 Å². The highest BCUT2D eigenvalue weighted by atomic mass is 16.2. The molecule has 1 aromatic carbocycles. The first-order valence-corrected chi connectivity index (χ1v) is 7.28. The smallest absolute Gasteiger partial charge is 0.269 e. The van der Waals surface area contributed by atoms with E-state index in [1.165, 1.54) is 23.6 Å². The average Bonchev–Trinajstić information content (AvgIpc) is 3.33. The quantitative estimate of drug-likeness (QED) is 0.858. The molecule has 1 saturated carbocycles. The van der Waals surface area contributed by atoms with E-state index in [0.717, 1.165) is 5.52 Å². The molecule has 5 nitrogen and oxygen atoms in total. The van der Waals surface area contributed by atoms with Gasteiger partial charge in [0, 0.05) is 13.1 Å². The highest BCUT2D eigenvalue weighted by Gasteiger charge is 2.32. The average molecular weight is 285 g/mol. The van der Waals surface area contributed by atoms with Crippen LogP contribution >= 0.6 is 0 Å². The lowest BCUT2D eigenvalue weighted by Gasteiger charge is -2.25. The third-order valence-electron chi connectivity index (χ3n) is 4.35. The number of hydrogen-bond acceptors (Lipinski definition) is 3. The van der Waals surface area contributed by atoms with Crippen molar-refractivity contribution in [1.82, 2.24) is 14.5 Å². The SMILES string of the molecule is CC(C1CC1)N(C)C(=O)Cn1c(=O)cnc2ccccc21. The van der Waals surface area contributed by atoms with Crippen LogP contribution in [0.4, 0.5) is 0 Å². The molecule has 1 aromatic heterocycles. The summed E-state index contributed by atoms with van der Waals surface area (Å²) in [4.78, 5) is 30.3. The zero-order valence-corrected chi connectivity index (χ0v) is 12.3. The molecule has 3 rings (SSSR count). The number of hydrogen-bond donors (Lipinski definition) is 0. The minimum Gasteiger partial charge on any atom is -0.341 e. The van der Waals surface area contributed by atoms with Crippen LogP contribution in [0.3, 0.4) is 0 Å². The topological polar surface area (TPSA) is 55.2 Å². The van der Waals surface area contributed by atoms with Gasteiger partial charge in [-0.3, -0.25) is 14.2 Å². The molecular weight excluding hydrogens is 266 g/mol. The van der Waals surface area contributed by atoms with E-state index >= 15 is 0 Å². The molecule has 0 bridgehead atoms. The van der Waals surface area contributed by atoms with E-state index in [2.05, 4.69) is 11.9 Å². The summed E-state index contributed by atoms with van der Waals surface area (Å²) < 4.78 is 1.50. The summed E-state index contributed by atoms with van der Waals surface area (Å²) in [5, 5.41) is 0. The Morgan fingerprint density at radius 1 is 1.43 bits per heavy atom. The summed E-state index contributed by atoms with van der Waals surface area (Å²) >= 11 is 0. The molecule has 110 valence electrons. The van der Waals surface area contributed by atoms with Crippen molar-refractivity contribution in [3.63, 3.8) is 0 Å². The van der Waals surface area contributed by atoms with Crippen molar-refractivity contribution in [2.75, 3.05) is 7.05 Å². The van der Waals surface area contributed by atoms with Gasteiger partial charge >= 0.3 is 0 Å². The number of likely N-dealkylation sites (N-methyl/N-ethyl adjacent to an activating group) is 1. The van der Waals surface area contributed by atoms with Crippen molar-refractivity contribution >= 4 is 16.9 Å². The molecule has 5 heteroatoms. The van der Waals surface area contributed by atoms with Crippen LogP contribution in [-0.4, -0.2) is 33.4 Å². The largest absolute Gasteiger partial charge is 0.341 e. The van der Waals surface area contributed by atoms with Gasteiger partial charge in [-0.05, 0) is 37.8 Å². The molecule has 0 radical (unpaired) electrons. The van der Waals surface area contributed by atoms with Gasteiger partial charge in [0.1, 0.15) is 6.54 Å². The monoisotopic (exact) mass is 285 g/mol. The van der Waals surface area contributed by atoms with E-state index in [1.807, 2.05) is 31.3 Å². The second-order valence-electron chi connectivity index (χ2n) is 5.75. The number of para-hydroxylation sites is 2. The van der Waals surface area contributed by atoms with E-state index in [4.69, 9.17) is 0 Å². The van der Waals surface area contributed by atoms with E-state index in [1.54, 1.807) is 4.90 Å². The van der Waals surface area contributed by atoms with Gasteiger partial charge in [0.25, 0.3) is 5.56 Å². The number of nitrogens with zero attached hydrogens (tertiary/aromatic N) is 3. The molecule has 1 unspecified atom stereocenters. The van der Waals surface area contributed by atoms with Crippen molar-refractivity contribution in [2.24, 2.45) is 5.92 Å². The number of fused-ring (bicyclic) bond motifs is 1. The van der Waals surface area contributed by atoms with Crippen molar-refractivity contribution < 1.29 is 4.79 Å². The summed E-state index contributed by atoms with van der Waals surface area (Å²) in [5.41, 5.74) is 1.18. The summed E-state index contributed by atoms with van der Waals surface area (Å²) in [6, 6.07) is 7.61. The van der Waals surface area contributed by atoms with Crippen molar-refractivity contribution in [3.8, 4) is 0 Å². The maximum Gasteiger partial charge on any atom is 0.269 e. The molecule has 1 fully saturated rings. The summed E-state index contributed by atoms with van der Waals surface area (Å²) in [5.74, 6) is 0.581. The zero-order valence-electron chi connectivity index (χ0n) is 12.3. The summed E-state index contributed by atoms with van der Waals surface area (Å²) in [6.07, 6.45) is 3.66. The lowest BCUT2D eigenvalue weighted by molar-refractivity contribution is -0.132. The Balaban J connectivity index is 1.88. The molecule has 1 aliphatic carbocycles. The van der Waals surface area contributed by atoms with Crippen LogP contribution in [0, 0.1) is 5.92 Å². The standard InChI is InChI=1S/C16H19N3O2/c1-11(12-7-8-12)18(2)16(21)10-19-14-6-4-3-5-13(14)17-9-15(19)20/h3-6,9,11-12H,7-8,10H2,1-2H3. The van der Waals surface area contributed by atoms with Gasteiger partial charge in [-0.1, -0.05) is 12.1 Å². The van der Waals surface area contributed by atoms with E-state index in [-0.39, 0.29) is 24.1 Å². The fourth-order valence-corrected chi connectivity index (χ4v) is 2.65. The maximum absolute atomic E-state index is 12.4. The normalized spacial score (nSPS) is 15.9. The Bertz CT molecular complexity index is 734. The number of rotatable bonds is 4. The third kappa shape index (κ3) is 2.68. The summed E-state index contributed by atoms with van der Waals surface area (Å²) in [6.45, 7) is 2.14. The number of carbonyl (C=O) groups is 1. The zero-order chi connectivity index (χ0) is 15.0. The lowest BCUT2D eigenvalue weighted by atomic mass is 10.2. The van der Waals surface area contributed by atoms with Crippen LogP contribution in [0.5, 0.6) is 0 Å². The van der Waals surface area contributed by atoms with Gasteiger partial charge < -0.3 is 4.90 Å². The Morgan fingerprint density at radius 3 is 2.86 bits per heavy atom. The van der Waals surface area contributed by atoms with E-state index < -0.39 is 0 Å². The Morgan fingerprint density at radius 2 is 2.14 bits per heavy atom. The Kier molecular flexibility index (Phi) is 3.49. The van der Waals surface area contributed by atoms with Crippen LogP contribution in [0.15, 0.2) is 35.3 Å². The Hall–Kier alpha value is -2.17. The van der Waals surface area contributed by atoms with Gasteiger partial charge in [-0.15, -0.1) is 0 Å². The fraction of sp³-hybridized carbons (Fsp3) is 0.438. The first-order chi connectivity index (χ1) is 10.1. The lowest BCUT2D eigenvalue weighted by Crippen LogP contribution is -2.40. The minimum absolute atomic E-state index is 0.0344. The van der Waals surface area contributed by atoms with Crippen molar-refractivity contribution in [2.45, 2.75) is 32.4 Å². The van der Waals surface area contributed by atoms with E-state index in [9.17, 15) is 9.59 Å². The minimum atomic E-state index is -0.241. The van der Waals surface area contributed by atoms with Crippen LogP contribution < -0.4 is 5.56 Å². The highest BCUT2D eigenvalue weighted by molar-refractivity contribution is 5.80. The van der Waals surface area contributed by atoms with Gasteiger partial charge in [0.05, 0.1) is 17.2 Å². The fourth-order valence-electron chi connectivity index (χ4n) is 2.65. The maximum atomic E-state index is 12.4. The van der Waals surface area contributed by atoms with Crippen LogP contribution in [-0.2, 0) is 11.3 Å². The number of aromatic nitrogens is 2. The molecular formula is C16H19N3O2. The number of amides is 1. The van der Waals surface area contributed by atoms with Crippen LogP contribution in [0.1, 0.15) is 19.8 Å². The number of carbonyl (C=O) groups excluding carboxylic acids is 1. The molecule has 1 atom stereocenters. The molecule has 2 aromatic rings. The van der Waals surface area contributed by atoms with Gasteiger partial charge in [0.15, 0.2) is 0 Å². The molecule has 1 heterocycles. The first kappa shape index (κ1) is 13.8. The third-order valence-corrected chi connectivity index (χ3v) is 4.35. The van der Waals surface area contributed by atoms with Gasteiger partial charge in [0.2, 0.25) is 5.91 Å². The van der Waals surface area contributed by atoms with E-state index in [0.29, 0.717) is 11.4 Å². The predicted octanol–water partition coefficient (Wildman–Crippen LogP) is 1.65. The van der Waals surface area contributed by atoms with Gasteiger partial charge in [-0.25, -0.2) is 4.98 Å². The van der Waals surface area contributed by atoms with Crippen molar-refractivity contribution in [1.29, 1.82) is 0 Å². The molecule has 0 spiro atoms. The van der Waals surface area contributed by atoms with Crippen molar-refractivity contribution in [3.05, 3.63) is 40.8 Å². The first-order valence-electron chi connectivity index (χ1n) is 7.28. The highest BCUT2D eigenvalue weighted by Crippen LogP contribution is 2.34. The molecule has 1 aliphatic rings. The number of benzene rings is 1. The second kappa shape index (κ2) is 5.31. The second-order valence-corrected chi connectivity index (χ2v) is 5.75. The summed E-state index contributed by atoms with van der Waals surface area (Å²) in [7, 11) is 1.82. The Labute approximate surface area is 123 Å².